The fourth-order valence-corrected chi connectivity index (χ4v) is 4.55. The standard InChI is InChI=1S/C15H24N6O3S/c1-4-20-15(5-6-16-20)25(23,24)19-7-8-21-12(10-19)9-13(17-21)14(22)11-18(2)3/h5-6,9,14,22H,4,7-8,10-11H2,1-3H3/t14-/m1/s1. The maximum absolute atomic E-state index is 12.9. The number of aromatic nitrogens is 4. The minimum atomic E-state index is -3.61. The molecule has 0 saturated carbocycles. The molecule has 1 atom stereocenters. The predicted molar refractivity (Wildman–Crippen MR) is 91.2 cm³/mol. The lowest BCUT2D eigenvalue weighted by Gasteiger charge is -2.26. The van der Waals surface area contributed by atoms with E-state index in [-0.39, 0.29) is 11.6 Å². The summed E-state index contributed by atoms with van der Waals surface area (Å²) in [5, 5.41) is 18.9. The van der Waals surface area contributed by atoms with Gasteiger partial charge < -0.3 is 10.0 Å². The average molecular weight is 368 g/mol. The second-order valence-electron chi connectivity index (χ2n) is 6.39. The van der Waals surface area contributed by atoms with E-state index in [9.17, 15) is 13.5 Å². The van der Waals surface area contributed by atoms with Gasteiger partial charge in [-0.15, -0.1) is 0 Å². The van der Waals surface area contributed by atoms with Crippen LogP contribution in [0, 0.1) is 0 Å². The third kappa shape index (κ3) is 3.47. The molecule has 1 N–H and O–H groups in total. The molecule has 0 aliphatic carbocycles. The summed E-state index contributed by atoms with van der Waals surface area (Å²) in [5.41, 5.74) is 1.35. The van der Waals surface area contributed by atoms with E-state index in [1.165, 1.54) is 21.3 Å². The molecule has 2 aromatic rings. The highest BCUT2D eigenvalue weighted by atomic mass is 32.2. The lowest BCUT2D eigenvalue weighted by Crippen LogP contribution is -2.39. The Hall–Kier alpha value is -1.75. The van der Waals surface area contributed by atoms with Crippen LogP contribution in [0.15, 0.2) is 23.4 Å². The van der Waals surface area contributed by atoms with E-state index in [0.29, 0.717) is 31.9 Å². The van der Waals surface area contributed by atoms with Crippen LogP contribution in [0.25, 0.3) is 0 Å². The summed E-state index contributed by atoms with van der Waals surface area (Å²) in [6, 6.07) is 3.31. The van der Waals surface area contributed by atoms with Crippen molar-refractivity contribution in [3.63, 3.8) is 0 Å². The first-order valence-corrected chi connectivity index (χ1v) is 9.68. The van der Waals surface area contributed by atoms with Crippen LogP contribution in [0.2, 0.25) is 0 Å². The molecule has 1 aliphatic rings. The summed E-state index contributed by atoms with van der Waals surface area (Å²) in [5.74, 6) is 0. The van der Waals surface area contributed by atoms with Gasteiger partial charge in [0.15, 0.2) is 5.03 Å². The molecule has 0 aromatic carbocycles. The number of nitrogens with zero attached hydrogens (tertiary/aromatic N) is 6. The number of aliphatic hydroxyl groups excluding tert-OH is 1. The van der Waals surface area contributed by atoms with Crippen molar-refractivity contribution in [3.05, 3.63) is 29.7 Å². The molecule has 0 bridgehead atoms. The maximum atomic E-state index is 12.9. The van der Waals surface area contributed by atoms with Gasteiger partial charge in [-0.1, -0.05) is 0 Å². The second-order valence-corrected chi connectivity index (χ2v) is 8.27. The van der Waals surface area contributed by atoms with Gasteiger partial charge in [0.2, 0.25) is 0 Å². The van der Waals surface area contributed by atoms with E-state index in [2.05, 4.69) is 10.2 Å². The zero-order chi connectivity index (χ0) is 18.2. The number of rotatable bonds is 6. The summed E-state index contributed by atoms with van der Waals surface area (Å²) in [7, 11) is 0.147. The Morgan fingerprint density at radius 2 is 2.12 bits per heavy atom. The van der Waals surface area contributed by atoms with Crippen molar-refractivity contribution in [2.24, 2.45) is 0 Å². The summed E-state index contributed by atoms with van der Waals surface area (Å²) < 4.78 is 30.5. The molecule has 0 fully saturated rings. The molecule has 0 saturated heterocycles. The van der Waals surface area contributed by atoms with Gasteiger partial charge >= 0.3 is 0 Å². The van der Waals surface area contributed by atoms with Gasteiger partial charge in [0.05, 0.1) is 30.7 Å². The Balaban J connectivity index is 1.82. The van der Waals surface area contributed by atoms with Crippen molar-refractivity contribution in [1.29, 1.82) is 0 Å². The van der Waals surface area contributed by atoms with Crippen molar-refractivity contribution < 1.29 is 13.5 Å². The minimum absolute atomic E-state index is 0.204. The van der Waals surface area contributed by atoms with Crippen LogP contribution in [-0.4, -0.2) is 69.5 Å². The quantitative estimate of drug-likeness (QED) is 0.765. The van der Waals surface area contributed by atoms with Crippen LogP contribution in [0.4, 0.5) is 0 Å². The zero-order valence-electron chi connectivity index (χ0n) is 14.7. The van der Waals surface area contributed by atoms with Gasteiger partial charge in [0, 0.05) is 19.6 Å². The van der Waals surface area contributed by atoms with Crippen LogP contribution in [-0.2, 0) is 29.7 Å². The normalized spacial score (nSPS) is 17.0. The van der Waals surface area contributed by atoms with Crippen molar-refractivity contribution in [1.82, 2.24) is 28.8 Å². The zero-order valence-corrected chi connectivity index (χ0v) is 15.5. The SMILES string of the molecule is CCn1nccc1S(=O)(=O)N1CCn2nc([C@H](O)CN(C)C)cc2C1. The van der Waals surface area contributed by atoms with E-state index in [1.54, 1.807) is 10.7 Å². The highest BCUT2D eigenvalue weighted by molar-refractivity contribution is 7.89. The minimum Gasteiger partial charge on any atom is -0.385 e. The Morgan fingerprint density at radius 1 is 1.36 bits per heavy atom. The smallest absolute Gasteiger partial charge is 0.260 e. The van der Waals surface area contributed by atoms with E-state index < -0.39 is 16.1 Å². The lowest BCUT2D eigenvalue weighted by atomic mass is 10.2. The molecule has 3 heterocycles. The Bertz CT molecular complexity index is 841. The first-order valence-electron chi connectivity index (χ1n) is 8.24. The molecular formula is C15H24N6O3S. The van der Waals surface area contributed by atoms with Gasteiger partial charge in [-0.3, -0.25) is 9.36 Å². The van der Waals surface area contributed by atoms with Crippen LogP contribution in [0.3, 0.4) is 0 Å². The molecule has 138 valence electrons. The van der Waals surface area contributed by atoms with Crippen molar-refractivity contribution in [2.45, 2.75) is 37.7 Å². The van der Waals surface area contributed by atoms with E-state index in [4.69, 9.17) is 0 Å². The maximum Gasteiger partial charge on any atom is 0.260 e. The number of likely N-dealkylation sites (N-methyl/N-ethyl adjacent to an activating group) is 1. The van der Waals surface area contributed by atoms with Crippen LogP contribution < -0.4 is 0 Å². The Morgan fingerprint density at radius 3 is 2.80 bits per heavy atom. The number of aliphatic hydroxyl groups is 1. The highest BCUT2D eigenvalue weighted by Gasteiger charge is 2.32. The van der Waals surface area contributed by atoms with Crippen molar-refractivity contribution in [3.8, 4) is 0 Å². The van der Waals surface area contributed by atoms with Gasteiger partial charge in [0.25, 0.3) is 10.0 Å². The van der Waals surface area contributed by atoms with E-state index >= 15 is 0 Å². The van der Waals surface area contributed by atoms with Gasteiger partial charge in [-0.2, -0.15) is 14.5 Å². The fourth-order valence-electron chi connectivity index (χ4n) is 2.98. The summed E-state index contributed by atoms with van der Waals surface area (Å²) in [6.45, 7) is 3.86. The average Bonchev–Trinajstić information content (AvgIpc) is 3.20. The number of hydrogen-bond donors (Lipinski definition) is 1. The van der Waals surface area contributed by atoms with Crippen LogP contribution in [0.1, 0.15) is 24.4 Å². The number of aryl methyl sites for hydroxylation is 1. The topological polar surface area (TPSA) is 96.5 Å². The molecule has 0 unspecified atom stereocenters. The monoisotopic (exact) mass is 368 g/mol. The number of hydrogen-bond acceptors (Lipinski definition) is 6. The second kappa shape index (κ2) is 6.87. The van der Waals surface area contributed by atoms with E-state index in [1.807, 2.05) is 25.9 Å². The Kier molecular flexibility index (Phi) is 4.96. The summed E-state index contributed by atoms with van der Waals surface area (Å²) >= 11 is 0. The largest absolute Gasteiger partial charge is 0.385 e. The van der Waals surface area contributed by atoms with Gasteiger partial charge in [0.1, 0.15) is 6.10 Å². The lowest BCUT2D eigenvalue weighted by molar-refractivity contribution is 0.133. The highest BCUT2D eigenvalue weighted by Crippen LogP contribution is 2.23. The van der Waals surface area contributed by atoms with Crippen LogP contribution in [0.5, 0.6) is 0 Å². The molecule has 3 rings (SSSR count). The van der Waals surface area contributed by atoms with Crippen molar-refractivity contribution >= 4 is 10.0 Å². The predicted octanol–water partition coefficient (Wildman–Crippen LogP) is -0.101. The molecule has 1 aliphatic heterocycles. The molecular weight excluding hydrogens is 344 g/mol. The van der Waals surface area contributed by atoms with Crippen LogP contribution >= 0.6 is 0 Å². The summed E-state index contributed by atoms with van der Waals surface area (Å²) in [6.07, 6.45) is 0.806. The first kappa shape index (κ1) is 18.1. The third-order valence-corrected chi connectivity index (χ3v) is 6.11. The van der Waals surface area contributed by atoms with Gasteiger partial charge in [-0.05, 0) is 33.2 Å². The Labute approximate surface area is 147 Å². The first-order chi connectivity index (χ1) is 11.8. The fraction of sp³-hybridized carbons (Fsp3) is 0.600. The molecule has 25 heavy (non-hydrogen) atoms. The molecule has 2 aromatic heterocycles. The number of fused-ring (bicyclic) bond motifs is 1. The van der Waals surface area contributed by atoms with Crippen molar-refractivity contribution in [2.75, 3.05) is 27.2 Å². The molecule has 9 nitrogen and oxygen atoms in total. The molecule has 0 radical (unpaired) electrons. The van der Waals surface area contributed by atoms with Gasteiger partial charge in [-0.25, -0.2) is 8.42 Å². The number of sulfonamides is 1. The molecule has 10 heteroatoms. The van der Waals surface area contributed by atoms with E-state index in [0.717, 1.165) is 5.69 Å². The molecule has 0 spiro atoms. The molecule has 0 amide bonds. The third-order valence-electron chi connectivity index (χ3n) is 4.24. The summed E-state index contributed by atoms with van der Waals surface area (Å²) in [4.78, 5) is 1.88.